The number of amides is 2. The molecule has 0 radical (unpaired) electrons. The zero-order valence-corrected chi connectivity index (χ0v) is 12.2. The Labute approximate surface area is 126 Å². The summed E-state index contributed by atoms with van der Waals surface area (Å²) in [5.41, 5.74) is 0.288. The second-order valence-electron chi connectivity index (χ2n) is 5.85. The van der Waals surface area contributed by atoms with Gasteiger partial charge >= 0.3 is 5.97 Å². The highest BCUT2D eigenvalue weighted by molar-refractivity contribution is 6.24. The van der Waals surface area contributed by atoms with Crippen LogP contribution in [-0.4, -0.2) is 46.9 Å². The molecule has 1 aromatic heterocycles. The average molecular weight is 305 g/mol. The first kappa shape index (κ1) is 13.4. The van der Waals surface area contributed by atoms with Crippen molar-refractivity contribution in [2.75, 3.05) is 12.0 Å². The highest BCUT2D eigenvalue weighted by Crippen LogP contribution is 2.49. The van der Waals surface area contributed by atoms with Crippen molar-refractivity contribution < 1.29 is 23.9 Å². The van der Waals surface area contributed by atoms with Gasteiger partial charge in [0, 0.05) is 7.05 Å². The first-order valence-corrected chi connectivity index (χ1v) is 7.18. The van der Waals surface area contributed by atoms with Crippen LogP contribution in [-0.2, 0) is 26.1 Å². The van der Waals surface area contributed by atoms with Gasteiger partial charge < -0.3 is 9.47 Å². The lowest BCUT2D eigenvalue weighted by molar-refractivity contribution is -0.124. The number of esters is 1. The maximum absolute atomic E-state index is 12.7. The lowest BCUT2D eigenvalue weighted by atomic mass is 9.81. The summed E-state index contributed by atoms with van der Waals surface area (Å²) in [4.78, 5) is 38.4. The van der Waals surface area contributed by atoms with Crippen molar-refractivity contribution in [2.24, 2.45) is 18.9 Å². The molecule has 3 aliphatic rings. The van der Waals surface area contributed by atoms with Gasteiger partial charge in [-0.25, -0.2) is 9.69 Å². The van der Waals surface area contributed by atoms with Gasteiger partial charge in [-0.1, -0.05) is 0 Å². The van der Waals surface area contributed by atoms with Crippen LogP contribution in [0, 0.1) is 11.8 Å². The molecule has 22 heavy (non-hydrogen) atoms. The minimum absolute atomic E-state index is 0.0949. The lowest BCUT2D eigenvalue weighted by Crippen LogP contribution is -2.35. The van der Waals surface area contributed by atoms with Gasteiger partial charge in [0.15, 0.2) is 5.69 Å². The number of hydrogen-bond donors (Lipinski definition) is 0. The third kappa shape index (κ3) is 1.50. The molecule has 2 amide bonds. The quantitative estimate of drug-likeness (QED) is 0.558. The first-order chi connectivity index (χ1) is 10.5. The summed E-state index contributed by atoms with van der Waals surface area (Å²) in [6.07, 6.45) is 2.58. The molecule has 3 saturated heterocycles. The van der Waals surface area contributed by atoms with Gasteiger partial charge in [-0.3, -0.25) is 14.3 Å². The molecule has 2 bridgehead atoms. The number of imide groups is 1. The Hall–Kier alpha value is -2.22. The van der Waals surface area contributed by atoms with Gasteiger partial charge in [0.1, 0.15) is 5.69 Å². The molecule has 8 nitrogen and oxygen atoms in total. The molecule has 4 rings (SSSR count). The Balaban J connectivity index is 1.77. The Morgan fingerprint density at radius 2 is 1.86 bits per heavy atom. The van der Waals surface area contributed by atoms with Crippen LogP contribution in [0.15, 0.2) is 6.20 Å². The summed E-state index contributed by atoms with van der Waals surface area (Å²) in [6.45, 7) is 0. The predicted octanol–water partition coefficient (Wildman–Crippen LogP) is -0.127. The van der Waals surface area contributed by atoms with E-state index in [4.69, 9.17) is 9.47 Å². The third-order valence-corrected chi connectivity index (χ3v) is 4.82. The van der Waals surface area contributed by atoms with E-state index in [1.807, 2.05) is 0 Å². The average Bonchev–Trinajstić information content (AvgIpc) is 3.23. The molecule has 4 heterocycles. The monoisotopic (exact) mass is 305 g/mol. The van der Waals surface area contributed by atoms with E-state index < -0.39 is 17.8 Å². The third-order valence-electron chi connectivity index (χ3n) is 4.82. The Morgan fingerprint density at radius 3 is 2.41 bits per heavy atom. The molecular formula is C14H15N3O5. The maximum Gasteiger partial charge on any atom is 0.358 e. The van der Waals surface area contributed by atoms with Crippen LogP contribution >= 0.6 is 0 Å². The van der Waals surface area contributed by atoms with Crippen LogP contribution in [0.3, 0.4) is 0 Å². The number of hydrogen-bond acceptors (Lipinski definition) is 6. The van der Waals surface area contributed by atoms with Crippen LogP contribution in [0.1, 0.15) is 23.3 Å². The molecule has 0 aromatic carbocycles. The van der Waals surface area contributed by atoms with Crippen molar-refractivity contribution in [1.82, 2.24) is 9.78 Å². The topological polar surface area (TPSA) is 90.7 Å². The summed E-state index contributed by atoms with van der Waals surface area (Å²) in [6, 6.07) is 0. The standard InChI is InChI=1S/C14H15N3O5/c1-16-11(14(20)21-2)6(5-15-16)17-12(18)9-7-3-4-8(22-7)10(9)13(17)19/h5,7-10H,3-4H2,1-2H3. The number of aromatic nitrogens is 2. The Morgan fingerprint density at radius 1 is 1.27 bits per heavy atom. The molecular weight excluding hydrogens is 290 g/mol. The largest absolute Gasteiger partial charge is 0.464 e. The van der Waals surface area contributed by atoms with Gasteiger partial charge in [0.25, 0.3) is 0 Å². The molecule has 0 spiro atoms. The zero-order chi connectivity index (χ0) is 15.6. The van der Waals surface area contributed by atoms with Crippen LogP contribution in [0.4, 0.5) is 5.69 Å². The zero-order valence-electron chi connectivity index (χ0n) is 12.2. The number of carbonyl (C=O) groups is 3. The van der Waals surface area contributed by atoms with Crippen LogP contribution in [0.5, 0.6) is 0 Å². The fourth-order valence-electron chi connectivity index (χ4n) is 3.87. The highest BCUT2D eigenvalue weighted by Gasteiger charge is 2.63. The molecule has 4 atom stereocenters. The number of rotatable bonds is 2. The normalized spacial score (nSPS) is 32.7. The van der Waals surface area contributed by atoms with E-state index in [0.717, 1.165) is 17.7 Å². The Kier molecular flexibility index (Phi) is 2.68. The van der Waals surface area contributed by atoms with Gasteiger partial charge in [0.2, 0.25) is 11.8 Å². The molecule has 3 aliphatic heterocycles. The summed E-state index contributed by atoms with van der Waals surface area (Å²) in [5, 5.41) is 3.99. The number of aryl methyl sites for hydroxylation is 1. The highest BCUT2D eigenvalue weighted by atomic mass is 16.5. The number of anilines is 1. The van der Waals surface area contributed by atoms with Crippen molar-refractivity contribution in [3.8, 4) is 0 Å². The second kappa shape index (κ2) is 4.39. The van der Waals surface area contributed by atoms with E-state index in [1.54, 1.807) is 7.05 Å². The van der Waals surface area contributed by atoms with E-state index in [1.165, 1.54) is 18.0 Å². The van der Waals surface area contributed by atoms with Gasteiger partial charge in [-0.2, -0.15) is 5.10 Å². The molecule has 0 saturated carbocycles. The fourth-order valence-corrected chi connectivity index (χ4v) is 3.87. The minimum Gasteiger partial charge on any atom is -0.464 e. The molecule has 116 valence electrons. The van der Waals surface area contributed by atoms with Crippen molar-refractivity contribution in [3.63, 3.8) is 0 Å². The van der Waals surface area contributed by atoms with Crippen molar-refractivity contribution in [3.05, 3.63) is 11.9 Å². The number of methoxy groups -OCH3 is 1. The summed E-state index contributed by atoms with van der Waals surface area (Å²) in [5.74, 6) is -2.11. The van der Waals surface area contributed by atoms with Crippen molar-refractivity contribution in [2.45, 2.75) is 25.0 Å². The molecule has 1 aromatic rings. The van der Waals surface area contributed by atoms with Gasteiger partial charge in [0.05, 0.1) is 37.4 Å². The number of fused-ring (bicyclic) bond motifs is 5. The number of ether oxygens (including phenoxy) is 2. The summed E-state index contributed by atoms with van der Waals surface area (Å²) in [7, 11) is 2.81. The van der Waals surface area contributed by atoms with E-state index in [0.29, 0.717) is 0 Å². The molecule has 8 heteroatoms. The predicted molar refractivity (Wildman–Crippen MR) is 71.9 cm³/mol. The minimum atomic E-state index is -0.633. The van der Waals surface area contributed by atoms with Crippen LogP contribution in [0.25, 0.3) is 0 Å². The first-order valence-electron chi connectivity index (χ1n) is 7.18. The van der Waals surface area contributed by atoms with Crippen LogP contribution < -0.4 is 4.90 Å². The summed E-state index contributed by atoms with van der Waals surface area (Å²) < 4.78 is 11.7. The SMILES string of the molecule is COC(=O)c1c(N2C(=O)C3C4CCC(O4)C3C2=O)cnn1C. The molecule has 0 N–H and O–H groups in total. The summed E-state index contributed by atoms with van der Waals surface area (Å²) >= 11 is 0. The smallest absolute Gasteiger partial charge is 0.358 e. The fraction of sp³-hybridized carbons (Fsp3) is 0.571. The molecule has 4 unspecified atom stereocenters. The second-order valence-corrected chi connectivity index (χ2v) is 5.85. The van der Waals surface area contributed by atoms with Crippen molar-refractivity contribution in [1.29, 1.82) is 0 Å². The maximum atomic E-state index is 12.7. The number of nitrogens with zero attached hydrogens (tertiary/aromatic N) is 3. The van der Waals surface area contributed by atoms with Gasteiger partial charge in [-0.15, -0.1) is 0 Å². The van der Waals surface area contributed by atoms with Crippen molar-refractivity contribution >= 4 is 23.5 Å². The van der Waals surface area contributed by atoms with Crippen LogP contribution in [0.2, 0.25) is 0 Å². The van der Waals surface area contributed by atoms with E-state index in [9.17, 15) is 14.4 Å². The number of carbonyl (C=O) groups excluding carboxylic acids is 3. The Bertz CT molecular complexity index is 669. The molecule has 0 aliphatic carbocycles. The molecule has 3 fully saturated rings. The van der Waals surface area contributed by atoms with Gasteiger partial charge in [-0.05, 0) is 12.8 Å². The van der Waals surface area contributed by atoms with E-state index in [-0.39, 0.29) is 35.4 Å². The lowest BCUT2D eigenvalue weighted by Gasteiger charge is -2.17. The van der Waals surface area contributed by atoms with E-state index >= 15 is 0 Å². The van der Waals surface area contributed by atoms with E-state index in [2.05, 4.69) is 5.10 Å².